The number of pyridine rings is 2. The summed E-state index contributed by atoms with van der Waals surface area (Å²) in [5.41, 5.74) is 1.52. The molecule has 10 heteroatoms. The molecule has 2 N–H and O–H groups in total. The van der Waals surface area contributed by atoms with Crippen LogP contribution in [0.5, 0.6) is 11.5 Å². The summed E-state index contributed by atoms with van der Waals surface area (Å²) in [6, 6.07) is 12.1. The smallest absolute Gasteiger partial charge is 0.258 e. The van der Waals surface area contributed by atoms with Gasteiger partial charge in [0, 0.05) is 42.8 Å². The van der Waals surface area contributed by atoms with E-state index in [-0.39, 0.29) is 22.4 Å². The van der Waals surface area contributed by atoms with E-state index in [2.05, 4.69) is 15.3 Å². The molecule has 1 aliphatic rings. The number of anilines is 2. The number of hydrogen-bond acceptors (Lipinski definition) is 8. The number of piperidine rings is 1. The van der Waals surface area contributed by atoms with Crippen LogP contribution in [0.4, 0.5) is 11.5 Å². The number of ether oxygens (including phenoxy) is 2. The Morgan fingerprint density at radius 1 is 1.11 bits per heavy atom. The van der Waals surface area contributed by atoms with Crippen LogP contribution in [0.25, 0.3) is 0 Å². The first kappa shape index (κ1) is 24.6. The first-order chi connectivity index (χ1) is 17.0. The highest BCUT2D eigenvalue weighted by Crippen LogP contribution is 2.29. The Labute approximate surface area is 206 Å². The summed E-state index contributed by atoms with van der Waals surface area (Å²) in [7, 11) is 1.46. The number of nitrogens with one attached hydrogen (secondary N) is 1. The number of amides is 1. The predicted octanol–water partition coefficient (Wildman–Crippen LogP) is 3.02. The largest absolute Gasteiger partial charge is 0.497 e. The minimum absolute atomic E-state index is 0.109. The Balaban J connectivity index is 1.66. The molecule has 1 aromatic carbocycles. The summed E-state index contributed by atoms with van der Waals surface area (Å²) < 4.78 is 24.3. The Kier molecular flexibility index (Phi) is 7.94. The molecule has 3 heterocycles. The van der Waals surface area contributed by atoms with Gasteiger partial charge in [-0.2, -0.15) is 0 Å². The van der Waals surface area contributed by atoms with Crippen molar-refractivity contribution in [1.29, 1.82) is 0 Å². The van der Waals surface area contributed by atoms with E-state index in [4.69, 9.17) is 9.47 Å². The molecule has 0 bridgehead atoms. The number of carbonyl (C=O) groups excluding carboxylic acids is 1. The third-order valence-electron chi connectivity index (χ3n) is 5.81. The first-order valence-electron chi connectivity index (χ1n) is 11.2. The number of hydrogen-bond donors (Lipinski definition) is 2. The van der Waals surface area contributed by atoms with Crippen molar-refractivity contribution in [3.63, 3.8) is 0 Å². The second-order valence-corrected chi connectivity index (χ2v) is 9.46. The Bertz CT molecular complexity index is 1200. The van der Waals surface area contributed by atoms with Crippen molar-refractivity contribution in [1.82, 2.24) is 9.97 Å². The topological polar surface area (TPSA) is 114 Å². The van der Waals surface area contributed by atoms with Crippen molar-refractivity contribution in [2.24, 2.45) is 0 Å². The molecule has 1 unspecified atom stereocenters. The van der Waals surface area contributed by atoms with E-state index in [1.54, 1.807) is 69.1 Å². The predicted molar refractivity (Wildman–Crippen MR) is 134 cm³/mol. The van der Waals surface area contributed by atoms with Gasteiger partial charge in [-0.25, -0.2) is 4.98 Å². The molecule has 1 aliphatic heterocycles. The average Bonchev–Trinajstić information content (AvgIpc) is 2.89. The fourth-order valence-electron chi connectivity index (χ4n) is 3.86. The molecule has 0 spiro atoms. The number of carbonyl (C=O) groups is 1. The molecular weight excluding hydrogens is 468 g/mol. The van der Waals surface area contributed by atoms with Crippen LogP contribution in [-0.4, -0.2) is 58.6 Å². The molecule has 35 heavy (non-hydrogen) atoms. The van der Waals surface area contributed by atoms with Gasteiger partial charge in [0.05, 0.1) is 42.4 Å². The molecule has 0 aliphatic carbocycles. The van der Waals surface area contributed by atoms with E-state index in [1.807, 2.05) is 4.90 Å². The number of methoxy groups -OCH3 is 2. The SMILES string of the molecule is COc1ccc(CS(=O)c2nc(N3CCC(O)CC3)ccc2C(=O)Nc2ccncc2)c(OC)c1. The number of benzene rings is 1. The van der Waals surface area contributed by atoms with Gasteiger partial charge in [-0.05, 0) is 43.2 Å². The number of aliphatic hydroxyl groups excluding tert-OH is 1. The number of nitrogens with zero attached hydrogens (tertiary/aromatic N) is 3. The van der Waals surface area contributed by atoms with Crippen LogP contribution in [0.2, 0.25) is 0 Å². The maximum absolute atomic E-state index is 13.6. The Morgan fingerprint density at radius 3 is 2.54 bits per heavy atom. The molecule has 1 saturated heterocycles. The van der Waals surface area contributed by atoms with E-state index in [0.717, 1.165) is 0 Å². The van der Waals surface area contributed by atoms with E-state index in [9.17, 15) is 14.1 Å². The van der Waals surface area contributed by atoms with E-state index in [0.29, 0.717) is 54.5 Å². The molecular formula is C25H28N4O5S. The standard InChI is InChI=1S/C25H28N4O5S/c1-33-20-4-3-17(22(15-20)34-2)16-35(32)25-21(24(31)27-18-7-11-26-12-8-18)5-6-23(28-25)29-13-9-19(30)10-14-29/h3-8,11-12,15,19,30H,9-10,13-14,16H2,1-2H3,(H,26,27,31). The van der Waals surface area contributed by atoms with E-state index in [1.165, 1.54) is 0 Å². The van der Waals surface area contributed by atoms with Crippen molar-refractivity contribution >= 4 is 28.2 Å². The zero-order valence-electron chi connectivity index (χ0n) is 19.6. The fraction of sp³-hybridized carbons (Fsp3) is 0.320. The van der Waals surface area contributed by atoms with Crippen LogP contribution in [0.1, 0.15) is 28.8 Å². The van der Waals surface area contributed by atoms with Gasteiger partial charge in [0.25, 0.3) is 5.91 Å². The minimum atomic E-state index is -1.65. The maximum Gasteiger partial charge on any atom is 0.258 e. The van der Waals surface area contributed by atoms with Gasteiger partial charge in [-0.3, -0.25) is 14.0 Å². The van der Waals surface area contributed by atoms with Crippen LogP contribution < -0.4 is 19.7 Å². The maximum atomic E-state index is 13.6. The summed E-state index contributed by atoms with van der Waals surface area (Å²) in [6.45, 7) is 1.27. The second-order valence-electron chi connectivity index (χ2n) is 8.10. The summed E-state index contributed by atoms with van der Waals surface area (Å²) in [4.78, 5) is 23.8. The van der Waals surface area contributed by atoms with Crippen LogP contribution in [0.3, 0.4) is 0 Å². The highest BCUT2D eigenvalue weighted by atomic mass is 32.2. The van der Waals surface area contributed by atoms with Gasteiger partial charge in [0.15, 0.2) is 0 Å². The highest BCUT2D eigenvalue weighted by Gasteiger charge is 2.24. The van der Waals surface area contributed by atoms with Gasteiger partial charge in [0.2, 0.25) is 0 Å². The normalized spacial score (nSPS) is 14.9. The van der Waals surface area contributed by atoms with Crippen molar-refractivity contribution in [3.8, 4) is 11.5 Å². The lowest BCUT2D eigenvalue weighted by molar-refractivity contribution is 0.102. The lowest BCUT2D eigenvalue weighted by atomic mass is 10.1. The third kappa shape index (κ3) is 5.95. The first-order valence-corrected chi connectivity index (χ1v) is 12.5. The van der Waals surface area contributed by atoms with Crippen molar-refractivity contribution < 1.29 is 23.6 Å². The van der Waals surface area contributed by atoms with Crippen LogP contribution in [0, 0.1) is 0 Å². The van der Waals surface area contributed by atoms with Gasteiger partial charge in [0.1, 0.15) is 22.3 Å². The lowest BCUT2D eigenvalue weighted by Crippen LogP contribution is -2.36. The quantitative estimate of drug-likeness (QED) is 0.489. The second kappa shape index (κ2) is 11.3. The molecule has 0 saturated carbocycles. The number of aromatic nitrogens is 2. The van der Waals surface area contributed by atoms with Gasteiger partial charge < -0.3 is 24.8 Å². The minimum Gasteiger partial charge on any atom is -0.497 e. The average molecular weight is 497 g/mol. The summed E-state index contributed by atoms with van der Waals surface area (Å²) >= 11 is 0. The van der Waals surface area contributed by atoms with Gasteiger partial charge >= 0.3 is 0 Å². The lowest BCUT2D eigenvalue weighted by Gasteiger charge is -2.30. The van der Waals surface area contributed by atoms with Crippen molar-refractivity contribution in [2.75, 3.05) is 37.5 Å². The Morgan fingerprint density at radius 2 is 1.86 bits per heavy atom. The molecule has 3 aromatic rings. The third-order valence-corrected chi connectivity index (χ3v) is 7.13. The zero-order chi connectivity index (χ0) is 24.8. The molecule has 1 fully saturated rings. The summed E-state index contributed by atoms with van der Waals surface area (Å²) in [5.74, 6) is 1.50. The van der Waals surface area contributed by atoms with Crippen LogP contribution in [0.15, 0.2) is 59.9 Å². The van der Waals surface area contributed by atoms with Gasteiger partial charge in [-0.15, -0.1) is 0 Å². The highest BCUT2D eigenvalue weighted by molar-refractivity contribution is 7.84. The van der Waals surface area contributed by atoms with Gasteiger partial charge in [-0.1, -0.05) is 6.07 Å². The zero-order valence-corrected chi connectivity index (χ0v) is 20.5. The van der Waals surface area contributed by atoms with Crippen LogP contribution in [-0.2, 0) is 16.6 Å². The monoisotopic (exact) mass is 496 g/mol. The molecule has 1 amide bonds. The fourth-order valence-corrected chi connectivity index (χ4v) is 5.12. The summed E-state index contributed by atoms with van der Waals surface area (Å²) in [6.07, 6.45) is 4.10. The van der Waals surface area contributed by atoms with Crippen LogP contribution >= 0.6 is 0 Å². The molecule has 0 radical (unpaired) electrons. The van der Waals surface area contributed by atoms with E-state index >= 15 is 0 Å². The molecule has 9 nitrogen and oxygen atoms in total. The molecule has 1 atom stereocenters. The molecule has 184 valence electrons. The number of aliphatic hydroxyl groups is 1. The number of rotatable bonds is 8. The molecule has 4 rings (SSSR count). The molecule has 2 aromatic heterocycles. The van der Waals surface area contributed by atoms with Crippen molar-refractivity contribution in [2.45, 2.75) is 29.7 Å². The Hall–Kier alpha value is -3.50. The summed E-state index contributed by atoms with van der Waals surface area (Å²) in [5, 5.41) is 12.9. The van der Waals surface area contributed by atoms with E-state index < -0.39 is 16.7 Å². The van der Waals surface area contributed by atoms with Crippen molar-refractivity contribution in [3.05, 3.63) is 66.0 Å².